The Morgan fingerprint density at radius 2 is 0.341 bits per heavy atom. The van der Waals surface area contributed by atoms with Crippen molar-refractivity contribution in [2.75, 3.05) is 13.2 Å². The van der Waals surface area contributed by atoms with Crippen LogP contribution in [0.2, 0.25) is 0 Å². The maximum Gasteiger partial charge on any atom is 0.165 e. The average molecular weight is 1800 g/mol. The van der Waals surface area contributed by atoms with Gasteiger partial charge in [-0.25, -0.2) is 29.9 Å². The van der Waals surface area contributed by atoms with Crippen LogP contribution in [0.15, 0.2) is 376 Å². The van der Waals surface area contributed by atoms with Gasteiger partial charge in [-0.1, -0.05) is 493 Å². The zero-order valence-corrected chi connectivity index (χ0v) is 78.9. The topological polar surface area (TPSA) is 127 Å². The van der Waals surface area contributed by atoms with E-state index in [0.717, 1.165) is 216 Å². The highest BCUT2D eigenvalue weighted by molar-refractivity contribution is 6.29. The first-order valence-corrected chi connectivity index (χ1v) is 50.2. The molecule has 0 atom stereocenters. The summed E-state index contributed by atoms with van der Waals surface area (Å²) in [6.07, 6.45) is 24.1. The van der Waals surface area contributed by atoms with Crippen molar-refractivity contribution in [1.29, 1.82) is 0 Å². The van der Waals surface area contributed by atoms with Crippen LogP contribution >= 0.6 is 0 Å². The molecule has 678 valence electrons. The molecule has 0 radical (unpaired) electrons. The summed E-state index contributed by atoms with van der Waals surface area (Å²) in [5, 5.41) is 3.33. The minimum atomic E-state index is 0.425. The summed E-state index contributed by atoms with van der Waals surface area (Å²) in [4.78, 5) is 46.3. The zero-order valence-electron chi connectivity index (χ0n) is 78.9. The van der Waals surface area contributed by atoms with E-state index in [1.54, 1.807) is 0 Å². The summed E-state index contributed by atoms with van der Waals surface area (Å²) in [6, 6.07) is 135. The van der Waals surface area contributed by atoms with Crippen molar-refractivity contribution < 1.29 is 9.47 Å². The summed E-state index contributed by atoms with van der Waals surface area (Å²) >= 11 is 0. The maximum absolute atomic E-state index is 7.30. The minimum absolute atomic E-state index is 0.425. The van der Waals surface area contributed by atoms with Gasteiger partial charge >= 0.3 is 0 Å². The summed E-state index contributed by atoms with van der Waals surface area (Å²) < 4.78 is 14.6. The van der Waals surface area contributed by atoms with Crippen molar-refractivity contribution in [3.8, 4) is 191 Å². The average Bonchev–Trinajstić information content (AvgIpc) is 1.51. The fourth-order valence-corrected chi connectivity index (χ4v) is 21.1. The van der Waals surface area contributed by atoms with E-state index >= 15 is 0 Å². The third-order valence-corrected chi connectivity index (χ3v) is 27.5. The molecule has 21 rings (SSSR count). The van der Waals surface area contributed by atoms with Gasteiger partial charge in [0.15, 0.2) is 34.8 Å². The fraction of sp³-hybridized carbons (Fsp3) is 0.188. The fourth-order valence-electron chi connectivity index (χ4n) is 21.1. The van der Waals surface area contributed by atoms with Crippen LogP contribution in [0.4, 0.5) is 0 Å². The molecule has 19 aromatic rings. The molecule has 0 fully saturated rings. The van der Waals surface area contributed by atoms with Crippen LogP contribution < -0.4 is 9.47 Å². The molecule has 5 heterocycles. The van der Waals surface area contributed by atoms with E-state index in [9.17, 15) is 0 Å². The molecular weight excluding hydrogens is 1680 g/mol. The Morgan fingerprint density at radius 3 is 0.551 bits per heavy atom. The number of nitrogens with one attached hydrogen (secondary N) is 2. The lowest BCUT2D eigenvalue weighted by molar-refractivity contribution is 0.258. The summed E-state index contributed by atoms with van der Waals surface area (Å²) in [7, 11) is 0. The lowest BCUT2D eigenvalue weighted by Gasteiger charge is -2.25. The largest absolute Gasteiger partial charge is 0.490 e. The second kappa shape index (κ2) is 42.2. The van der Waals surface area contributed by atoms with Gasteiger partial charge in [0, 0.05) is 77.2 Å². The van der Waals surface area contributed by atoms with E-state index in [4.69, 9.17) is 39.4 Å². The molecule has 2 aliphatic heterocycles. The number of rotatable bonds is 36. The molecule has 0 saturated heterocycles. The molecule has 0 spiro atoms. The molecule has 10 nitrogen and oxygen atoms in total. The van der Waals surface area contributed by atoms with Gasteiger partial charge in [0.05, 0.1) is 13.2 Å². The Kier molecular flexibility index (Phi) is 27.2. The number of aromatic nitrogens is 8. The SMILES string of the molecule is CCCCCCCCCCCCOc1cc2c(cc1OCCCCCCCCCCCC)-c1nc-2nc2[nH]c(nc3nc(nc4[nH]c(n1)c1c(-c5ccccc5)c(-c5ccccc5)c(-c5ccccc5)c(-c5ccccc5)c41)-c1c(-c4ccccc4)c(-c4ccccc4)c(-c4ccccc4)c(-c4ccccc4)c1-3)c1c(-c3ccccc3)c(-c3ccccc3)c(-c3ccccc3)c(-c3ccccc3)c21. The smallest absolute Gasteiger partial charge is 0.165 e. The quantitative estimate of drug-likeness (QED) is 0.0372. The molecular formula is C128H114N8O2. The Balaban J connectivity index is 0.972. The van der Waals surface area contributed by atoms with Gasteiger partial charge in [0.1, 0.15) is 22.6 Å². The van der Waals surface area contributed by atoms with Crippen molar-refractivity contribution >= 4 is 44.1 Å². The van der Waals surface area contributed by atoms with Gasteiger partial charge in [-0.05, 0) is 125 Å². The standard InChI is InChI=1S/C128H114N8O2/c1-3-5-7-9-11-13-15-17-19-57-83-137-101-85-99-100(86-102(101)138-84-58-20-18-16-14-12-10-8-6-4-2)122-129-121(99)130-123-115-109(93-71-45-27-46-72-93)103(87-59-33-21-34-60-87)105(89-63-37-23-38-64-89)111(95-75-49-29-50-76-95)117(115)125(132-123)134-127-119-113(97-79-53-31-54-80-97)107(91-67-41-25-42-68-91)108(92-69-43-26-44-70-92)114(98-81-55-32-56-82-98)120(119)128(136-127)135-126-118-112(96-77-51-30-52-78-96)106(90-65-39-24-40-66-90)104(88-61-35-22-36-62-88)110(94-73-47-28-48-74-94)116(118)124(131-122)133-126/h21-56,59-82,85-86H,3-20,57-58,83-84H2,1-2H3,(H2,129,130,131,132,133,134,135,136). The Labute approximate surface area is 810 Å². The number of hydrogen-bond donors (Lipinski definition) is 2. The summed E-state index contributed by atoms with van der Waals surface area (Å²) in [5.74, 6) is 3.00. The first-order valence-electron chi connectivity index (χ1n) is 50.2. The monoisotopic (exact) mass is 1790 g/mol. The van der Waals surface area contributed by atoms with Crippen molar-refractivity contribution in [1.82, 2.24) is 39.9 Å². The molecule has 3 aromatic heterocycles. The van der Waals surface area contributed by atoms with E-state index in [1.807, 2.05) is 0 Å². The van der Waals surface area contributed by atoms with Crippen LogP contribution in [0.5, 0.6) is 11.5 Å². The second-order valence-corrected chi connectivity index (χ2v) is 36.7. The van der Waals surface area contributed by atoms with Crippen LogP contribution in [-0.2, 0) is 0 Å². The number of ether oxygens (including phenoxy) is 2. The third kappa shape index (κ3) is 18.3. The molecule has 0 amide bonds. The van der Waals surface area contributed by atoms with E-state index in [-0.39, 0.29) is 0 Å². The lowest BCUT2D eigenvalue weighted by atomic mass is 9.77. The highest BCUT2D eigenvalue weighted by Gasteiger charge is 2.38. The lowest BCUT2D eigenvalue weighted by Crippen LogP contribution is -2.03. The van der Waals surface area contributed by atoms with Gasteiger partial charge < -0.3 is 19.4 Å². The van der Waals surface area contributed by atoms with Crippen LogP contribution in [0, 0.1) is 0 Å². The van der Waals surface area contributed by atoms with E-state index in [0.29, 0.717) is 70.6 Å². The van der Waals surface area contributed by atoms with Crippen molar-refractivity contribution in [3.05, 3.63) is 376 Å². The second-order valence-electron chi connectivity index (χ2n) is 36.7. The first kappa shape index (κ1) is 89.0. The van der Waals surface area contributed by atoms with Gasteiger partial charge in [0.25, 0.3) is 0 Å². The Morgan fingerprint density at radius 1 is 0.174 bits per heavy atom. The zero-order chi connectivity index (χ0) is 92.7. The molecule has 8 bridgehead atoms. The van der Waals surface area contributed by atoms with Crippen LogP contribution in [0.3, 0.4) is 0 Å². The number of hydrogen-bond acceptors (Lipinski definition) is 8. The highest BCUT2D eigenvalue weighted by Crippen LogP contribution is 2.60. The van der Waals surface area contributed by atoms with Crippen molar-refractivity contribution in [3.63, 3.8) is 0 Å². The molecule has 16 aromatic carbocycles. The first-order chi connectivity index (χ1) is 68.5. The molecule has 0 aliphatic carbocycles. The number of fused-ring (bicyclic) bond motifs is 20. The molecule has 0 unspecified atom stereocenters. The molecule has 138 heavy (non-hydrogen) atoms. The third-order valence-electron chi connectivity index (χ3n) is 27.5. The minimum Gasteiger partial charge on any atom is -0.490 e. The van der Waals surface area contributed by atoms with Crippen molar-refractivity contribution in [2.45, 2.75) is 142 Å². The van der Waals surface area contributed by atoms with E-state index in [2.05, 4.69) is 400 Å². The van der Waals surface area contributed by atoms with E-state index < -0.39 is 0 Å². The summed E-state index contributed by atoms with van der Waals surface area (Å²) in [6.45, 7) is 5.59. The Hall–Kier alpha value is -15.5. The number of unbranched alkanes of at least 4 members (excludes halogenated alkanes) is 18. The predicted octanol–water partition coefficient (Wildman–Crippen LogP) is 35.5. The van der Waals surface area contributed by atoms with Crippen LogP contribution in [-0.4, -0.2) is 53.1 Å². The predicted molar refractivity (Wildman–Crippen MR) is 576 cm³/mol. The number of nitrogens with zero attached hydrogens (tertiary/aromatic N) is 6. The van der Waals surface area contributed by atoms with Gasteiger partial charge in [-0.2, -0.15) is 0 Å². The van der Waals surface area contributed by atoms with Gasteiger partial charge in [-0.15, -0.1) is 0 Å². The number of aromatic amines is 2. The molecule has 0 saturated carbocycles. The Bertz CT molecular complexity index is 7190. The molecule has 2 N–H and O–H groups in total. The van der Waals surface area contributed by atoms with E-state index in [1.165, 1.54) is 89.9 Å². The highest BCUT2D eigenvalue weighted by atomic mass is 16.5. The number of H-pyrrole nitrogens is 2. The number of benzene rings is 16. The summed E-state index contributed by atoms with van der Waals surface area (Å²) in [5.41, 5.74) is 29.0. The van der Waals surface area contributed by atoms with Gasteiger partial charge in [-0.3, -0.25) is 0 Å². The molecule has 10 heteroatoms. The normalized spacial score (nSPS) is 11.6. The van der Waals surface area contributed by atoms with Crippen molar-refractivity contribution in [2.24, 2.45) is 0 Å². The van der Waals surface area contributed by atoms with Crippen LogP contribution in [0.25, 0.3) is 223 Å². The van der Waals surface area contributed by atoms with Crippen LogP contribution in [0.1, 0.15) is 142 Å². The molecule has 2 aliphatic rings. The van der Waals surface area contributed by atoms with Gasteiger partial charge in [0.2, 0.25) is 0 Å². The maximum atomic E-state index is 7.30.